The summed E-state index contributed by atoms with van der Waals surface area (Å²) in [5.74, 6) is -0.419. The first-order valence-electron chi connectivity index (χ1n) is 9.10. The summed E-state index contributed by atoms with van der Waals surface area (Å²) in [5, 5.41) is 17.3. The van der Waals surface area contributed by atoms with Gasteiger partial charge in [0.2, 0.25) is 10.0 Å². The van der Waals surface area contributed by atoms with Crippen LogP contribution in [0.5, 0.6) is 0 Å². The summed E-state index contributed by atoms with van der Waals surface area (Å²) in [6.07, 6.45) is 2.15. The molecule has 0 radical (unpaired) electrons. The van der Waals surface area contributed by atoms with Gasteiger partial charge in [-0.2, -0.15) is 0 Å². The largest absolute Gasteiger partial charge is 0.350 e. The Kier molecular flexibility index (Phi) is 6.14. The number of carbonyl (C=O) groups excluding carboxylic acids is 1. The first-order valence-corrected chi connectivity index (χ1v) is 11.0. The van der Waals surface area contributed by atoms with Crippen LogP contribution in [0.25, 0.3) is 0 Å². The number of amides is 1. The maximum atomic E-state index is 12.5. The number of hydrogen-bond donors (Lipinski definition) is 2. The summed E-state index contributed by atoms with van der Waals surface area (Å²) < 4.78 is 24.5. The Balaban J connectivity index is 1.70. The second kappa shape index (κ2) is 8.58. The number of nitrogens with one attached hydrogen (secondary N) is 2. The van der Waals surface area contributed by atoms with Gasteiger partial charge in [0.05, 0.1) is 11.2 Å². The molecule has 10 heteroatoms. The van der Waals surface area contributed by atoms with Crippen molar-refractivity contribution in [3.8, 4) is 0 Å². The minimum Gasteiger partial charge on any atom is -0.350 e. The molecule has 0 aliphatic carbocycles. The monoisotopic (exact) mass is 418 g/mol. The standard InChI is InChI=1S/C19H22N4O5S/c1-29(27,28)22-11-9-16(10-12-22)21-19(24)14-7-8-17(18(13-14)23(25)26)20-15-5-3-2-4-6-15/h2-8,13,16,20H,9-12H2,1H3,(H,21,24). The average Bonchev–Trinajstić information content (AvgIpc) is 2.68. The number of para-hydroxylation sites is 1. The number of piperidine rings is 1. The van der Waals surface area contributed by atoms with E-state index in [0.29, 0.717) is 37.3 Å². The molecule has 3 rings (SSSR count). The third kappa shape index (κ3) is 5.30. The zero-order valence-corrected chi connectivity index (χ0v) is 16.7. The molecular weight excluding hydrogens is 396 g/mol. The number of hydrogen-bond acceptors (Lipinski definition) is 6. The predicted octanol–water partition coefficient (Wildman–Crippen LogP) is 2.49. The van der Waals surface area contributed by atoms with Crippen LogP contribution in [0.1, 0.15) is 23.2 Å². The van der Waals surface area contributed by atoms with Gasteiger partial charge in [0, 0.05) is 36.4 Å². The van der Waals surface area contributed by atoms with E-state index in [2.05, 4.69) is 10.6 Å². The number of benzene rings is 2. The fourth-order valence-corrected chi connectivity index (χ4v) is 4.08. The van der Waals surface area contributed by atoms with E-state index in [-0.39, 0.29) is 17.3 Å². The van der Waals surface area contributed by atoms with Gasteiger partial charge in [-0.1, -0.05) is 18.2 Å². The molecule has 1 amide bonds. The minimum absolute atomic E-state index is 0.179. The molecule has 2 N–H and O–H groups in total. The van der Waals surface area contributed by atoms with Crippen molar-refractivity contribution in [2.24, 2.45) is 0 Å². The summed E-state index contributed by atoms with van der Waals surface area (Å²) in [6, 6.07) is 13.1. The Morgan fingerprint density at radius 1 is 1.14 bits per heavy atom. The number of nitro benzene ring substituents is 1. The van der Waals surface area contributed by atoms with E-state index >= 15 is 0 Å². The zero-order valence-electron chi connectivity index (χ0n) is 15.9. The van der Waals surface area contributed by atoms with Crippen molar-refractivity contribution in [1.29, 1.82) is 0 Å². The van der Waals surface area contributed by atoms with Gasteiger partial charge in [0.15, 0.2) is 0 Å². The highest BCUT2D eigenvalue weighted by molar-refractivity contribution is 7.88. The smallest absolute Gasteiger partial charge is 0.293 e. The van der Waals surface area contributed by atoms with Crippen LogP contribution in [0.3, 0.4) is 0 Å². The highest BCUT2D eigenvalue weighted by Crippen LogP contribution is 2.28. The Bertz CT molecular complexity index is 1000. The van der Waals surface area contributed by atoms with Gasteiger partial charge < -0.3 is 10.6 Å². The van der Waals surface area contributed by atoms with Crippen molar-refractivity contribution < 1.29 is 18.1 Å². The number of carbonyl (C=O) groups is 1. The number of sulfonamides is 1. The highest BCUT2D eigenvalue weighted by Gasteiger charge is 2.26. The van der Waals surface area contributed by atoms with Crippen LogP contribution < -0.4 is 10.6 Å². The molecule has 0 spiro atoms. The third-order valence-electron chi connectivity index (χ3n) is 4.77. The minimum atomic E-state index is -3.24. The van der Waals surface area contributed by atoms with Crippen molar-refractivity contribution in [2.45, 2.75) is 18.9 Å². The molecule has 1 heterocycles. The molecule has 1 fully saturated rings. The van der Waals surface area contributed by atoms with Crippen LogP contribution in [-0.4, -0.2) is 48.9 Å². The fourth-order valence-electron chi connectivity index (χ4n) is 3.21. The quantitative estimate of drug-likeness (QED) is 0.549. The molecule has 0 unspecified atom stereocenters. The summed E-state index contributed by atoms with van der Waals surface area (Å²) >= 11 is 0. The number of anilines is 2. The first-order chi connectivity index (χ1) is 13.7. The predicted molar refractivity (Wildman–Crippen MR) is 110 cm³/mol. The molecular formula is C19H22N4O5S. The molecule has 2 aromatic carbocycles. The van der Waals surface area contributed by atoms with Gasteiger partial charge in [0.1, 0.15) is 5.69 Å². The van der Waals surface area contributed by atoms with Gasteiger partial charge in [-0.3, -0.25) is 14.9 Å². The molecule has 0 aromatic heterocycles. The van der Waals surface area contributed by atoms with Crippen molar-refractivity contribution in [3.63, 3.8) is 0 Å². The van der Waals surface area contributed by atoms with E-state index in [0.717, 1.165) is 6.26 Å². The second-order valence-electron chi connectivity index (χ2n) is 6.89. The van der Waals surface area contributed by atoms with Gasteiger partial charge in [-0.25, -0.2) is 12.7 Å². The second-order valence-corrected chi connectivity index (χ2v) is 8.87. The summed E-state index contributed by atoms with van der Waals surface area (Å²) in [4.78, 5) is 23.5. The SMILES string of the molecule is CS(=O)(=O)N1CCC(NC(=O)c2ccc(Nc3ccccc3)c([N+](=O)[O-])c2)CC1. The molecule has 0 bridgehead atoms. The van der Waals surface area contributed by atoms with Crippen molar-refractivity contribution in [1.82, 2.24) is 9.62 Å². The van der Waals surface area contributed by atoms with Crippen LogP contribution in [0.15, 0.2) is 48.5 Å². The van der Waals surface area contributed by atoms with E-state index in [1.54, 1.807) is 12.1 Å². The molecule has 1 aliphatic heterocycles. The Morgan fingerprint density at radius 2 is 1.79 bits per heavy atom. The summed E-state index contributed by atoms with van der Waals surface area (Å²) in [7, 11) is -3.24. The zero-order chi connectivity index (χ0) is 21.0. The lowest BCUT2D eigenvalue weighted by Gasteiger charge is -2.30. The highest BCUT2D eigenvalue weighted by atomic mass is 32.2. The molecule has 0 saturated carbocycles. The molecule has 1 saturated heterocycles. The van der Waals surface area contributed by atoms with Gasteiger partial charge in [0.25, 0.3) is 11.6 Å². The van der Waals surface area contributed by atoms with Crippen LogP contribution in [0, 0.1) is 10.1 Å². The van der Waals surface area contributed by atoms with Gasteiger partial charge in [-0.05, 0) is 37.1 Å². The first kappa shape index (κ1) is 20.7. The van der Waals surface area contributed by atoms with Gasteiger partial charge in [-0.15, -0.1) is 0 Å². The maximum Gasteiger partial charge on any atom is 0.293 e. The number of nitrogens with zero attached hydrogens (tertiary/aromatic N) is 2. The van der Waals surface area contributed by atoms with E-state index < -0.39 is 20.9 Å². The van der Waals surface area contributed by atoms with Crippen molar-refractivity contribution in [2.75, 3.05) is 24.7 Å². The Labute approximate surface area is 168 Å². The van der Waals surface area contributed by atoms with Crippen molar-refractivity contribution >= 4 is 33.0 Å². The molecule has 29 heavy (non-hydrogen) atoms. The number of nitro groups is 1. The maximum absolute atomic E-state index is 12.5. The lowest BCUT2D eigenvalue weighted by molar-refractivity contribution is -0.383. The van der Waals surface area contributed by atoms with Crippen molar-refractivity contribution in [3.05, 3.63) is 64.2 Å². The summed E-state index contributed by atoms with van der Waals surface area (Å²) in [6.45, 7) is 0.674. The molecule has 154 valence electrons. The van der Waals surface area contributed by atoms with Crippen LogP contribution in [0.4, 0.5) is 17.1 Å². The lowest BCUT2D eigenvalue weighted by Crippen LogP contribution is -2.46. The lowest BCUT2D eigenvalue weighted by atomic mass is 10.1. The molecule has 1 aliphatic rings. The van der Waals surface area contributed by atoms with Crippen LogP contribution in [-0.2, 0) is 10.0 Å². The molecule has 0 atom stereocenters. The van der Waals surface area contributed by atoms with E-state index in [1.807, 2.05) is 18.2 Å². The number of rotatable bonds is 6. The van der Waals surface area contributed by atoms with Crippen LogP contribution >= 0.6 is 0 Å². The Morgan fingerprint density at radius 3 is 2.38 bits per heavy atom. The van der Waals surface area contributed by atoms with E-state index in [9.17, 15) is 23.3 Å². The topological polar surface area (TPSA) is 122 Å². The van der Waals surface area contributed by atoms with Gasteiger partial charge >= 0.3 is 0 Å². The fraction of sp³-hybridized carbons (Fsp3) is 0.316. The third-order valence-corrected chi connectivity index (χ3v) is 6.07. The van der Waals surface area contributed by atoms with E-state index in [1.165, 1.54) is 22.5 Å². The average molecular weight is 418 g/mol. The van der Waals surface area contributed by atoms with Crippen LogP contribution in [0.2, 0.25) is 0 Å². The summed E-state index contributed by atoms with van der Waals surface area (Å²) in [5.41, 5.74) is 0.971. The van der Waals surface area contributed by atoms with E-state index in [4.69, 9.17) is 0 Å². The molecule has 2 aromatic rings. The molecule has 9 nitrogen and oxygen atoms in total. The Hall–Kier alpha value is -2.98. The normalized spacial score (nSPS) is 15.6.